The molecule has 2 aliphatic heterocycles. The minimum absolute atomic E-state index is 0.0138. The predicted molar refractivity (Wildman–Crippen MR) is 190 cm³/mol. The minimum atomic E-state index is -0.209. The molecule has 0 spiro atoms. The molecule has 1 aromatic heterocycles. The third-order valence-corrected chi connectivity index (χ3v) is 9.21. The summed E-state index contributed by atoms with van der Waals surface area (Å²) in [7, 11) is 2.09. The van der Waals surface area contributed by atoms with Gasteiger partial charge in [0.15, 0.2) is 12.4 Å². The number of halogens is 1. The van der Waals surface area contributed by atoms with Crippen LogP contribution in [-0.4, -0.2) is 120 Å². The maximum atomic E-state index is 14.2. The molecule has 49 heavy (non-hydrogen) atoms. The molecule has 3 heterocycles. The van der Waals surface area contributed by atoms with Crippen LogP contribution in [0.4, 0.5) is 0 Å². The summed E-state index contributed by atoms with van der Waals surface area (Å²) >= 11 is 5.95. The van der Waals surface area contributed by atoms with Crippen molar-refractivity contribution in [3.05, 3.63) is 93.5 Å². The van der Waals surface area contributed by atoms with E-state index in [0.717, 1.165) is 26.2 Å². The van der Waals surface area contributed by atoms with Gasteiger partial charge in [0.25, 0.3) is 11.5 Å². The van der Waals surface area contributed by atoms with Crippen molar-refractivity contribution in [1.82, 2.24) is 29.2 Å². The Labute approximate surface area is 291 Å². The van der Waals surface area contributed by atoms with Crippen LogP contribution in [0.5, 0.6) is 11.5 Å². The Balaban J connectivity index is 1.23. The zero-order chi connectivity index (χ0) is 34.5. The Kier molecular flexibility index (Phi) is 10.9. The molecule has 2 aliphatic rings. The van der Waals surface area contributed by atoms with Crippen molar-refractivity contribution >= 4 is 34.2 Å². The molecule has 3 aromatic carbocycles. The van der Waals surface area contributed by atoms with Gasteiger partial charge in [0, 0.05) is 62.9 Å². The van der Waals surface area contributed by atoms with Crippen molar-refractivity contribution in [2.75, 3.05) is 72.6 Å². The van der Waals surface area contributed by atoms with E-state index in [1.165, 1.54) is 0 Å². The highest BCUT2D eigenvalue weighted by atomic mass is 35.5. The number of likely N-dealkylation sites (N-methyl/N-ethyl adjacent to an activating group) is 1. The molecule has 258 valence electrons. The number of aromatic nitrogens is 2. The van der Waals surface area contributed by atoms with Crippen molar-refractivity contribution < 1.29 is 19.1 Å². The van der Waals surface area contributed by atoms with Gasteiger partial charge in [0.2, 0.25) is 0 Å². The molecule has 11 nitrogen and oxygen atoms in total. The molecule has 6 rings (SSSR count). The SMILES string of the molecule is CC(C)Oc1cc(C(=O)CN2CCN(C)CC2)ccc1-n1c(CN2CCN(C(=O)COc3ccc(Cl)cc3)CC2)nc2ccccc2c1=O. The molecule has 0 saturated carbocycles. The number of ether oxygens (including phenoxy) is 2. The first-order chi connectivity index (χ1) is 23.6. The fourth-order valence-electron chi connectivity index (χ4n) is 6.18. The van der Waals surface area contributed by atoms with E-state index in [4.69, 9.17) is 26.1 Å². The zero-order valence-corrected chi connectivity index (χ0v) is 29.1. The zero-order valence-electron chi connectivity index (χ0n) is 28.3. The molecular weight excluding hydrogens is 644 g/mol. The third kappa shape index (κ3) is 8.48. The number of benzene rings is 3. The number of piperazine rings is 2. The number of Topliss-reactive ketones (excluding diaryl/α,β-unsaturated/α-hetero) is 1. The number of nitrogens with zero attached hydrogens (tertiary/aromatic N) is 6. The summed E-state index contributed by atoms with van der Waals surface area (Å²) in [6.45, 7) is 10.3. The molecule has 2 saturated heterocycles. The average molecular weight is 687 g/mol. The highest BCUT2D eigenvalue weighted by molar-refractivity contribution is 6.30. The number of ketones is 1. The van der Waals surface area contributed by atoms with Crippen LogP contribution in [0.3, 0.4) is 0 Å². The quantitative estimate of drug-likeness (QED) is 0.217. The van der Waals surface area contributed by atoms with Crippen molar-refractivity contribution in [3.63, 3.8) is 0 Å². The van der Waals surface area contributed by atoms with Gasteiger partial charge >= 0.3 is 0 Å². The van der Waals surface area contributed by atoms with Crippen molar-refractivity contribution in [2.45, 2.75) is 26.5 Å². The third-order valence-electron chi connectivity index (χ3n) is 8.96. The minimum Gasteiger partial charge on any atom is -0.489 e. The van der Waals surface area contributed by atoms with Gasteiger partial charge in [0.05, 0.1) is 35.8 Å². The maximum absolute atomic E-state index is 14.2. The maximum Gasteiger partial charge on any atom is 0.266 e. The molecule has 0 atom stereocenters. The fraction of sp³-hybridized carbons (Fsp3) is 0.405. The smallest absolute Gasteiger partial charge is 0.266 e. The molecule has 0 bridgehead atoms. The molecular formula is C37H43ClN6O5. The lowest BCUT2D eigenvalue weighted by Crippen LogP contribution is -2.50. The van der Waals surface area contributed by atoms with E-state index in [9.17, 15) is 14.4 Å². The monoisotopic (exact) mass is 686 g/mol. The van der Waals surface area contributed by atoms with E-state index in [0.29, 0.717) is 83.8 Å². The molecule has 0 N–H and O–H groups in total. The van der Waals surface area contributed by atoms with Gasteiger partial charge in [-0.3, -0.25) is 28.8 Å². The number of rotatable bonds is 11. The number of amides is 1. The van der Waals surface area contributed by atoms with Crippen molar-refractivity contribution in [3.8, 4) is 17.2 Å². The largest absolute Gasteiger partial charge is 0.489 e. The van der Waals surface area contributed by atoms with Gasteiger partial charge < -0.3 is 19.3 Å². The summed E-state index contributed by atoms with van der Waals surface area (Å²) in [5.74, 6) is 1.52. The first-order valence-corrected chi connectivity index (χ1v) is 17.2. The summed E-state index contributed by atoms with van der Waals surface area (Å²) in [5, 5.41) is 1.10. The first kappa shape index (κ1) is 34.6. The van der Waals surface area contributed by atoms with E-state index in [-0.39, 0.29) is 30.0 Å². The van der Waals surface area contributed by atoms with Gasteiger partial charge in [-0.15, -0.1) is 0 Å². The average Bonchev–Trinajstić information content (AvgIpc) is 3.09. The lowest BCUT2D eigenvalue weighted by molar-refractivity contribution is -0.135. The van der Waals surface area contributed by atoms with Crippen molar-refractivity contribution in [1.29, 1.82) is 0 Å². The Morgan fingerprint density at radius 1 is 0.878 bits per heavy atom. The van der Waals surface area contributed by atoms with Crippen LogP contribution >= 0.6 is 11.6 Å². The number of para-hydroxylation sites is 1. The number of carbonyl (C=O) groups is 2. The molecule has 0 aliphatic carbocycles. The predicted octanol–water partition coefficient (Wildman–Crippen LogP) is 3.98. The van der Waals surface area contributed by atoms with E-state index in [1.807, 2.05) is 32.0 Å². The fourth-order valence-corrected chi connectivity index (χ4v) is 6.30. The molecule has 4 aromatic rings. The lowest BCUT2D eigenvalue weighted by atomic mass is 10.1. The molecule has 1 amide bonds. The number of fused-ring (bicyclic) bond motifs is 1. The summed E-state index contributed by atoms with van der Waals surface area (Å²) in [6.07, 6.45) is -0.191. The summed E-state index contributed by atoms with van der Waals surface area (Å²) in [5.41, 5.74) is 1.48. The standard InChI is InChI=1S/C37H43ClN6O5/c1-26(2)49-34-22-27(33(45)23-41-16-14-40(3)15-17-41)8-13-32(34)44-35(39-31-7-5-4-6-30(31)37(44)47)24-42-18-20-43(21-19-42)36(46)25-48-29-11-9-28(38)10-12-29/h4-13,22,26H,14-21,23-25H2,1-3H3. The summed E-state index contributed by atoms with van der Waals surface area (Å²) < 4.78 is 13.6. The molecule has 0 radical (unpaired) electrons. The highest BCUT2D eigenvalue weighted by Crippen LogP contribution is 2.28. The highest BCUT2D eigenvalue weighted by Gasteiger charge is 2.25. The normalized spacial score (nSPS) is 16.3. The molecule has 12 heteroatoms. The van der Waals surface area contributed by atoms with Gasteiger partial charge in [-0.2, -0.15) is 0 Å². The Morgan fingerprint density at radius 2 is 1.57 bits per heavy atom. The Hall–Kier alpha value is -4.29. The summed E-state index contributed by atoms with van der Waals surface area (Å²) in [4.78, 5) is 53.9. The van der Waals surface area contributed by atoms with E-state index < -0.39 is 0 Å². The van der Waals surface area contributed by atoms with Crippen LogP contribution in [0.25, 0.3) is 16.6 Å². The van der Waals surface area contributed by atoms with Gasteiger partial charge in [0.1, 0.15) is 17.3 Å². The van der Waals surface area contributed by atoms with Crippen LogP contribution in [0, 0.1) is 0 Å². The second kappa shape index (κ2) is 15.5. The molecule has 2 fully saturated rings. The van der Waals surface area contributed by atoms with Crippen LogP contribution in [0.1, 0.15) is 30.0 Å². The number of hydrogen-bond acceptors (Lipinski definition) is 9. The van der Waals surface area contributed by atoms with Gasteiger partial charge in [-0.25, -0.2) is 4.98 Å². The number of hydrogen-bond donors (Lipinski definition) is 0. The Bertz CT molecular complexity index is 1850. The van der Waals surface area contributed by atoms with E-state index >= 15 is 0 Å². The van der Waals surface area contributed by atoms with Crippen molar-refractivity contribution in [2.24, 2.45) is 0 Å². The van der Waals surface area contributed by atoms with Crippen LogP contribution in [0.15, 0.2) is 71.5 Å². The summed E-state index contributed by atoms with van der Waals surface area (Å²) in [6, 6.07) is 19.6. The van der Waals surface area contributed by atoms with E-state index in [1.54, 1.807) is 58.0 Å². The Morgan fingerprint density at radius 3 is 2.29 bits per heavy atom. The van der Waals surface area contributed by atoms with Crippen LogP contribution in [0.2, 0.25) is 5.02 Å². The van der Waals surface area contributed by atoms with E-state index in [2.05, 4.69) is 21.7 Å². The van der Waals surface area contributed by atoms with Crippen LogP contribution < -0.4 is 15.0 Å². The first-order valence-electron chi connectivity index (χ1n) is 16.8. The lowest BCUT2D eigenvalue weighted by Gasteiger charge is -2.34. The second-order valence-electron chi connectivity index (χ2n) is 12.9. The second-order valence-corrected chi connectivity index (χ2v) is 13.4. The topological polar surface area (TPSA) is 100 Å². The van der Waals surface area contributed by atoms with Crippen LogP contribution in [-0.2, 0) is 11.3 Å². The van der Waals surface area contributed by atoms with Gasteiger partial charge in [-0.05, 0) is 75.5 Å². The molecule has 0 unspecified atom stereocenters. The van der Waals surface area contributed by atoms with Gasteiger partial charge in [-0.1, -0.05) is 23.7 Å². The number of carbonyl (C=O) groups excluding carboxylic acids is 2.